The Morgan fingerprint density at radius 3 is 2.47 bits per heavy atom. The van der Waals surface area contributed by atoms with Gasteiger partial charge in [-0.2, -0.15) is 0 Å². The van der Waals surface area contributed by atoms with Gasteiger partial charge in [0.05, 0.1) is 6.54 Å². The van der Waals surface area contributed by atoms with E-state index in [9.17, 15) is 4.79 Å². The molecule has 1 amide bonds. The smallest absolute Gasteiger partial charge is 0.236 e. The first kappa shape index (κ1) is 12.8. The van der Waals surface area contributed by atoms with Gasteiger partial charge in [0.1, 0.15) is 0 Å². The molecule has 2 N–H and O–H groups in total. The van der Waals surface area contributed by atoms with E-state index in [-0.39, 0.29) is 5.91 Å². The molecule has 2 fully saturated rings. The maximum Gasteiger partial charge on any atom is 0.236 e. The SMILES string of the molecule is CN(C(=O)CN1CCC(C)(CN)CC1)C1CC1. The van der Waals surface area contributed by atoms with E-state index in [0.29, 0.717) is 18.0 Å². The van der Waals surface area contributed by atoms with Crippen molar-refractivity contribution in [3.05, 3.63) is 0 Å². The second kappa shape index (κ2) is 4.94. The van der Waals surface area contributed by atoms with E-state index in [1.54, 1.807) is 0 Å². The predicted octanol–water partition coefficient (Wildman–Crippen LogP) is 0.668. The Kier molecular flexibility index (Phi) is 3.73. The average molecular weight is 239 g/mol. The lowest BCUT2D eigenvalue weighted by atomic mass is 9.80. The van der Waals surface area contributed by atoms with Gasteiger partial charge in [-0.05, 0) is 50.7 Å². The molecule has 0 unspecified atom stereocenters. The first-order valence-corrected chi connectivity index (χ1v) is 6.72. The average Bonchev–Trinajstić information content (AvgIpc) is 3.15. The van der Waals surface area contributed by atoms with Gasteiger partial charge in [-0.1, -0.05) is 6.92 Å². The monoisotopic (exact) mass is 239 g/mol. The van der Waals surface area contributed by atoms with Crippen LogP contribution in [-0.2, 0) is 4.79 Å². The standard InChI is InChI=1S/C13H25N3O/c1-13(10-14)5-7-16(8-6-13)9-12(17)15(2)11-3-4-11/h11H,3-10,14H2,1-2H3. The number of amides is 1. The third kappa shape index (κ3) is 3.19. The van der Waals surface area contributed by atoms with Gasteiger partial charge >= 0.3 is 0 Å². The Morgan fingerprint density at radius 2 is 2.00 bits per heavy atom. The van der Waals surface area contributed by atoms with E-state index in [0.717, 1.165) is 32.5 Å². The number of piperidine rings is 1. The molecule has 1 heterocycles. The highest BCUT2D eigenvalue weighted by Crippen LogP contribution is 2.30. The fraction of sp³-hybridized carbons (Fsp3) is 0.923. The Labute approximate surface area is 104 Å². The molecule has 0 bridgehead atoms. The fourth-order valence-electron chi connectivity index (χ4n) is 2.42. The van der Waals surface area contributed by atoms with Crippen molar-refractivity contribution in [1.82, 2.24) is 9.80 Å². The van der Waals surface area contributed by atoms with Gasteiger partial charge in [0, 0.05) is 13.1 Å². The summed E-state index contributed by atoms with van der Waals surface area (Å²) in [5.41, 5.74) is 6.08. The Morgan fingerprint density at radius 1 is 1.41 bits per heavy atom. The van der Waals surface area contributed by atoms with Crippen molar-refractivity contribution in [2.24, 2.45) is 11.1 Å². The highest BCUT2D eigenvalue weighted by Gasteiger charge is 2.32. The lowest BCUT2D eigenvalue weighted by Gasteiger charge is -2.38. The molecule has 4 heteroatoms. The predicted molar refractivity (Wildman–Crippen MR) is 68.6 cm³/mol. The molecular formula is C13H25N3O. The van der Waals surface area contributed by atoms with E-state index < -0.39 is 0 Å². The molecule has 1 aliphatic heterocycles. The molecular weight excluding hydrogens is 214 g/mol. The zero-order valence-corrected chi connectivity index (χ0v) is 11.1. The van der Waals surface area contributed by atoms with Crippen LogP contribution < -0.4 is 5.73 Å². The molecule has 0 atom stereocenters. The van der Waals surface area contributed by atoms with Gasteiger partial charge in [-0.3, -0.25) is 9.69 Å². The second-order valence-electron chi connectivity index (χ2n) is 6.03. The lowest BCUT2D eigenvalue weighted by Crippen LogP contribution is -2.46. The largest absolute Gasteiger partial charge is 0.342 e. The van der Waals surface area contributed by atoms with Gasteiger partial charge < -0.3 is 10.6 Å². The Balaban J connectivity index is 1.75. The van der Waals surface area contributed by atoms with Crippen molar-refractivity contribution in [2.45, 2.75) is 38.6 Å². The van der Waals surface area contributed by atoms with Crippen LogP contribution in [0.25, 0.3) is 0 Å². The molecule has 98 valence electrons. The summed E-state index contributed by atoms with van der Waals surface area (Å²) in [6.45, 7) is 5.63. The summed E-state index contributed by atoms with van der Waals surface area (Å²) in [6.07, 6.45) is 4.61. The van der Waals surface area contributed by atoms with Crippen molar-refractivity contribution in [3.63, 3.8) is 0 Å². The summed E-state index contributed by atoms with van der Waals surface area (Å²) < 4.78 is 0. The first-order valence-electron chi connectivity index (χ1n) is 6.72. The van der Waals surface area contributed by atoms with Crippen molar-refractivity contribution < 1.29 is 4.79 Å². The zero-order chi connectivity index (χ0) is 12.5. The molecule has 1 saturated carbocycles. The molecule has 1 saturated heterocycles. The number of carbonyl (C=O) groups is 1. The summed E-state index contributed by atoms with van der Waals surface area (Å²) in [6, 6.07) is 0.529. The molecule has 4 nitrogen and oxygen atoms in total. The van der Waals surface area contributed by atoms with E-state index in [2.05, 4.69) is 11.8 Å². The third-order valence-electron chi connectivity index (χ3n) is 4.40. The summed E-state index contributed by atoms with van der Waals surface area (Å²) in [5.74, 6) is 0.281. The summed E-state index contributed by atoms with van der Waals surface area (Å²) in [5, 5.41) is 0. The Bertz CT molecular complexity index is 280. The zero-order valence-electron chi connectivity index (χ0n) is 11.1. The third-order valence-corrected chi connectivity index (χ3v) is 4.40. The number of hydrogen-bond donors (Lipinski definition) is 1. The molecule has 2 aliphatic rings. The topological polar surface area (TPSA) is 49.6 Å². The summed E-state index contributed by atoms with van der Waals surface area (Å²) in [7, 11) is 1.94. The van der Waals surface area contributed by atoms with Crippen molar-refractivity contribution >= 4 is 5.91 Å². The molecule has 0 spiro atoms. The van der Waals surface area contributed by atoms with Gasteiger partial charge in [0.15, 0.2) is 0 Å². The highest BCUT2D eigenvalue weighted by molar-refractivity contribution is 5.78. The van der Waals surface area contributed by atoms with Crippen LogP contribution in [0.4, 0.5) is 0 Å². The van der Waals surface area contributed by atoms with Crippen LogP contribution in [0, 0.1) is 5.41 Å². The molecule has 0 radical (unpaired) electrons. The van der Waals surface area contributed by atoms with Crippen molar-refractivity contribution in [2.75, 3.05) is 33.2 Å². The Hall–Kier alpha value is -0.610. The molecule has 17 heavy (non-hydrogen) atoms. The first-order chi connectivity index (χ1) is 8.04. The number of rotatable bonds is 4. The van der Waals surface area contributed by atoms with Gasteiger partial charge in [0.2, 0.25) is 5.91 Å². The maximum absolute atomic E-state index is 12.0. The van der Waals surface area contributed by atoms with Gasteiger partial charge in [-0.25, -0.2) is 0 Å². The number of nitrogens with two attached hydrogens (primary N) is 1. The normalized spacial score (nSPS) is 24.6. The number of likely N-dealkylation sites (tertiary alicyclic amines) is 1. The van der Waals surface area contributed by atoms with Crippen molar-refractivity contribution in [1.29, 1.82) is 0 Å². The van der Waals surface area contributed by atoms with Crippen LogP contribution in [0.15, 0.2) is 0 Å². The number of carbonyl (C=O) groups excluding carboxylic acids is 1. The van der Waals surface area contributed by atoms with Crippen molar-refractivity contribution in [3.8, 4) is 0 Å². The summed E-state index contributed by atoms with van der Waals surface area (Å²) >= 11 is 0. The minimum absolute atomic E-state index is 0.281. The van der Waals surface area contributed by atoms with Gasteiger partial charge in [-0.15, -0.1) is 0 Å². The quantitative estimate of drug-likeness (QED) is 0.784. The van der Waals surface area contributed by atoms with E-state index in [4.69, 9.17) is 5.73 Å². The van der Waals surface area contributed by atoms with Gasteiger partial charge in [0.25, 0.3) is 0 Å². The molecule has 0 aromatic rings. The van der Waals surface area contributed by atoms with Crippen LogP contribution in [0.5, 0.6) is 0 Å². The number of nitrogens with zero attached hydrogens (tertiary/aromatic N) is 2. The lowest BCUT2D eigenvalue weighted by molar-refractivity contribution is -0.132. The van der Waals surface area contributed by atoms with E-state index >= 15 is 0 Å². The van der Waals surface area contributed by atoms with Crippen LogP contribution >= 0.6 is 0 Å². The maximum atomic E-state index is 12.0. The summed E-state index contributed by atoms with van der Waals surface area (Å²) in [4.78, 5) is 16.2. The molecule has 0 aromatic carbocycles. The van der Waals surface area contributed by atoms with E-state index in [1.165, 1.54) is 12.8 Å². The van der Waals surface area contributed by atoms with Crippen LogP contribution in [0.3, 0.4) is 0 Å². The minimum Gasteiger partial charge on any atom is -0.342 e. The number of likely N-dealkylation sites (N-methyl/N-ethyl adjacent to an activating group) is 1. The van der Waals surface area contributed by atoms with Crippen LogP contribution in [0.1, 0.15) is 32.6 Å². The van der Waals surface area contributed by atoms with Crippen LogP contribution in [-0.4, -0.2) is 55.0 Å². The second-order valence-corrected chi connectivity index (χ2v) is 6.03. The van der Waals surface area contributed by atoms with E-state index in [1.807, 2.05) is 11.9 Å². The molecule has 0 aromatic heterocycles. The minimum atomic E-state index is 0.281. The highest BCUT2D eigenvalue weighted by atomic mass is 16.2. The fourth-order valence-corrected chi connectivity index (χ4v) is 2.42. The van der Waals surface area contributed by atoms with Crippen LogP contribution in [0.2, 0.25) is 0 Å². The molecule has 2 rings (SSSR count). The number of hydrogen-bond acceptors (Lipinski definition) is 3. The molecule has 1 aliphatic carbocycles.